The predicted molar refractivity (Wildman–Crippen MR) is 56.3 cm³/mol. The maximum atomic E-state index is 8.90. The van der Waals surface area contributed by atoms with E-state index in [0.29, 0.717) is 5.92 Å². The van der Waals surface area contributed by atoms with Crippen molar-refractivity contribution in [1.29, 1.82) is 0 Å². The van der Waals surface area contributed by atoms with Crippen LogP contribution in [0.5, 0.6) is 0 Å². The van der Waals surface area contributed by atoms with Crippen molar-refractivity contribution >= 4 is 0 Å². The van der Waals surface area contributed by atoms with Crippen molar-refractivity contribution in [3.63, 3.8) is 0 Å². The lowest BCUT2D eigenvalue weighted by Gasteiger charge is -2.24. The van der Waals surface area contributed by atoms with E-state index < -0.39 is 0 Å². The Morgan fingerprint density at radius 1 is 1.31 bits per heavy atom. The zero-order valence-electron chi connectivity index (χ0n) is 9.38. The number of hydrogen-bond acceptors (Lipinski definition) is 3. The largest absolute Gasteiger partial charge is 0.396 e. The summed E-state index contributed by atoms with van der Waals surface area (Å²) in [6.07, 6.45) is 1.19. The standard InChI is InChI=1S/C10H24N2O/c1-9(2)5-6-12(11-4)7-10(3)8-13/h9-11,13H,5-8H2,1-4H3. The molecule has 0 aromatic carbocycles. The van der Waals surface area contributed by atoms with Crippen molar-refractivity contribution in [3.8, 4) is 0 Å². The van der Waals surface area contributed by atoms with E-state index in [0.717, 1.165) is 19.0 Å². The van der Waals surface area contributed by atoms with Gasteiger partial charge in [-0.15, -0.1) is 0 Å². The topological polar surface area (TPSA) is 35.5 Å². The molecular formula is C10H24N2O. The first-order valence-electron chi connectivity index (χ1n) is 5.13. The quantitative estimate of drug-likeness (QED) is 0.587. The molecule has 0 bridgehead atoms. The normalized spacial score (nSPS) is 14.1. The molecule has 2 N–H and O–H groups in total. The molecule has 0 aliphatic carbocycles. The highest BCUT2D eigenvalue weighted by atomic mass is 16.3. The Bertz CT molecular complexity index is 117. The minimum atomic E-state index is 0.264. The first-order valence-corrected chi connectivity index (χ1v) is 5.13. The van der Waals surface area contributed by atoms with Gasteiger partial charge in [0.15, 0.2) is 0 Å². The van der Waals surface area contributed by atoms with Crippen molar-refractivity contribution < 1.29 is 5.11 Å². The van der Waals surface area contributed by atoms with E-state index in [1.165, 1.54) is 6.42 Å². The summed E-state index contributed by atoms with van der Waals surface area (Å²) in [6, 6.07) is 0. The van der Waals surface area contributed by atoms with Crippen LogP contribution in [0, 0.1) is 11.8 Å². The summed E-state index contributed by atoms with van der Waals surface area (Å²) in [5.74, 6) is 1.08. The van der Waals surface area contributed by atoms with Gasteiger partial charge >= 0.3 is 0 Å². The van der Waals surface area contributed by atoms with Gasteiger partial charge in [0.05, 0.1) is 0 Å². The minimum absolute atomic E-state index is 0.264. The maximum Gasteiger partial charge on any atom is 0.0469 e. The lowest BCUT2D eigenvalue weighted by atomic mass is 10.1. The van der Waals surface area contributed by atoms with Crippen molar-refractivity contribution in [3.05, 3.63) is 0 Å². The van der Waals surface area contributed by atoms with Crippen LogP contribution in [0.4, 0.5) is 0 Å². The molecule has 1 unspecified atom stereocenters. The van der Waals surface area contributed by atoms with Crippen LogP contribution in [-0.4, -0.2) is 36.9 Å². The number of nitrogens with zero attached hydrogens (tertiary/aromatic N) is 1. The molecule has 0 amide bonds. The Morgan fingerprint density at radius 3 is 2.31 bits per heavy atom. The molecule has 13 heavy (non-hydrogen) atoms. The zero-order chi connectivity index (χ0) is 10.3. The van der Waals surface area contributed by atoms with Crippen LogP contribution in [-0.2, 0) is 0 Å². The molecule has 0 heterocycles. The van der Waals surface area contributed by atoms with E-state index in [1.807, 2.05) is 7.05 Å². The van der Waals surface area contributed by atoms with Crippen molar-refractivity contribution in [2.24, 2.45) is 11.8 Å². The number of nitrogens with one attached hydrogen (secondary N) is 1. The van der Waals surface area contributed by atoms with Crippen LogP contribution in [0.25, 0.3) is 0 Å². The number of aliphatic hydroxyl groups is 1. The highest BCUT2D eigenvalue weighted by Gasteiger charge is 2.07. The molecule has 0 aliphatic heterocycles. The molecule has 1 atom stereocenters. The van der Waals surface area contributed by atoms with Crippen molar-refractivity contribution in [2.75, 3.05) is 26.7 Å². The van der Waals surface area contributed by atoms with Gasteiger partial charge in [-0.05, 0) is 25.3 Å². The number of rotatable bonds is 7. The van der Waals surface area contributed by atoms with Gasteiger partial charge in [0.2, 0.25) is 0 Å². The second kappa shape index (κ2) is 7.30. The van der Waals surface area contributed by atoms with Crippen LogP contribution in [0.3, 0.4) is 0 Å². The molecule has 0 aliphatic rings. The van der Waals surface area contributed by atoms with Gasteiger partial charge in [0.1, 0.15) is 0 Å². The van der Waals surface area contributed by atoms with Crippen molar-refractivity contribution in [2.45, 2.75) is 27.2 Å². The van der Waals surface area contributed by atoms with E-state index in [-0.39, 0.29) is 6.61 Å². The van der Waals surface area contributed by atoms with Gasteiger partial charge in [0.25, 0.3) is 0 Å². The lowest BCUT2D eigenvalue weighted by molar-refractivity contribution is 0.134. The molecule has 0 saturated heterocycles. The number of hydrazine groups is 1. The Kier molecular flexibility index (Phi) is 7.23. The fourth-order valence-corrected chi connectivity index (χ4v) is 1.14. The average Bonchev–Trinajstić information content (AvgIpc) is 2.11. The molecule has 3 nitrogen and oxygen atoms in total. The summed E-state index contributed by atoms with van der Waals surface area (Å²) < 4.78 is 0. The Labute approximate surface area is 82.1 Å². The summed E-state index contributed by atoms with van der Waals surface area (Å²) in [5, 5.41) is 11.1. The summed E-state index contributed by atoms with van der Waals surface area (Å²) >= 11 is 0. The molecule has 0 fully saturated rings. The van der Waals surface area contributed by atoms with Crippen LogP contribution in [0.15, 0.2) is 0 Å². The highest BCUT2D eigenvalue weighted by Crippen LogP contribution is 2.02. The van der Waals surface area contributed by atoms with E-state index >= 15 is 0 Å². The van der Waals surface area contributed by atoms with Crippen LogP contribution in [0.1, 0.15) is 27.2 Å². The summed E-state index contributed by atoms with van der Waals surface area (Å²) in [4.78, 5) is 0. The fourth-order valence-electron chi connectivity index (χ4n) is 1.14. The average molecular weight is 188 g/mol. The van der Waals surface area contributed by atoms with Gasteiger partial charge in [-0.2, -0.15) is 0 Å². The van der Waals surface area contributed by atoms with E-state index in [9.17, 15) is 0 Å². The lowest BCUT2D eigenvalue weighted by Crippen LogP contribution is -2.40. The highest BCUT2D eigenvalue weighted by molar-refractivity contribution is 4.58. The molecule has 0 aromatic rings. The van der Waals surface area contributed by atoms with Gasteiger partial charge in [-0.25, -0.2) is 5.01 Å². The second-order valence-electron chi connectivity index (χ2n) is 4.14. The van der Waals surface area contributed by atoms with Gasteiger partial charge in [-0.1, -0.05) is 20.8 Å². The van der Waals surface area contributed by atoms with Gasteiger partial charge in [0, 0.05) is 19.7 Å². The predicted octanol–water partition coefficient (Wildman–Crippen LogP) is 1.10. The van der Waals surface area contributed by atoms with E-state index in [2.05, 4.69) is 31.2 Å². The first kappa shape index (κ1) is 12.9. The minimum Gasteiger partial charge on any atom is -0.396 e. The van der Waals surface area contributed by atoms with Gasteiger partial charge < -0.3 is 5.11 Å². The summed E-state index contributed by atoms with van der Waals surface area (Å²) in [5.41, 5.74) is 3.14. The smallest absolute Gasteiger partial charge is 0.0469 e. The fraction of sp³-hybridized carbons (Fsp3) is 1.00. The summed E-state index contributed by atoms with van der Waals surface area (Å²) in [7, 11) is 1.93. The molecule has 0 aromatic heterocycles. The molecule has 0 spiro atoms. The SMILES string of the molecule is CNN(CCC(C)C)CC(C)CO. The van der Waals surface area contributed by atoms with Crippen LogP contribution >= 0.6 is 0 Å². The number of aliphatic hydroxyl groups excluding tert-OH is 1. The third kappa shape index (κ3) is 6.99. The van der Waals surface area contributed by atoms with Crippen LogP contribution in [0.2, 0.25) is 0 Å². The Balaban J connectivity index is 3.62. The molecule has 0 saturated carbocycles. The van der Waals surface area contributed by atoms with Crippen LogP contribution < -0.4 is 5.43 Å². The molecule has 3 heteroatoms. The van der Waals surface area contributed by atoms with E-state index in [1.54, 1.807) is 0 Å². The third-order valence-electron chi connectivity index (χ3n) is 2.14. The zero-order valence-corrected chi connectivity index (χ0v) is 9.38. The molecule has 0 radical (unpaired) electrons. The third-order valence-corrected chi connectivity index (χ3v) is 2.14. The number of hydrogen-bond donors (Lipinski definition) is 2. The summed E-state index contributed by atoms with van der Waals surface area (Å²) in [6.45, 7) is 8.74. The Morgan fingerprint density at radius 2 is 1.92 bits per heavy atom. The van der Waals surface area contributed by atoms with E-state index in [4.69, 9.17) is 5.11 Å². The van der Waals surface area contributed by atoms with Crippen molar-refractivity contribution in [1.82, 2.24) is 10.4 Å². The Hall–Kier alpha value is -0.120. The molecular weight excluding hydrogens is 164 g/mol. The van der Waals surface area contributed by atoms with Gasteiger partial charge in [-0.3, -0.25) is 5.43 Å². The molecule has 80 valence electrons. The maximum absolute atomic E-state index is 8.90. The monoisotopic (exact) mass is 188 g/mol. The second-order valence-corrected chi connectivity index (χ2v) is 4.14. The first-order chi connectivity index (χ1) is 6.10. The molecule has 0 rings (SSSR count).